The van der Waals surface area contributed by atoms with Crippen LogP contribution in [0, 0.1) is 11.3 Å². The first kappa shape index (κ1) is 29.0. The Morgan fingerprint density at radius 2 is 1.74 bits per heavy atom. The zero-order valence-electron chi connectivity index (χ0n) is 24.2. The van der Waals surface area contributed by atoms with E-state index < -0.39 is 0 Å². The molecule has 1 spiro atoms. The van der Waals surface area contributed by atoms with Gasteiger partial charge in [0.25, 0.3) is 5.56 Å². The maximum Gasteiger partial charge on any atom is 0.266 e. The molecule has 3 aromatic carbocycles. The Balaban J connectivity index is 1.26. The summed E-state index contributed by atoms with van der Waals surface area (Å²) < 4.78 is 1.61. The summed E-state index contributed by atoms with van der Waals surface area (Å²) in [5, 5.41) is 1.25. The van der Waals surface area contributed by atoms with Crippen LogP contribution in [0.25, 0.3) is 16.6 Å². The van der Waals surface area contributed by atoms with Crippen molar-refractivity contribution in [2.45, 2.75) is 50.1 Å². The van der Waals surface area contributed by atoms with E-state index in [-0.39, 0.29) is 22.1 Å². The number of hydrogen-bond donors (Lipinski definition) is 0. The lowest BCUT2D eigenvalue weighted by molar-refractivity contribution is -0.130. The maximum atomic E-state index is 14.2. The highest BCUT2D eigenvalue weighted by molar-refractivity contribution is 8.00. The first-order valence-corrected chi connectivity index (χ1v) is 16.1. The molecule has 0 saturated carbocycles. The zero-order valence-corrected chi connectivity index (χ0v) is 25.8. The summed E-state index contributed by atoms with van der Waals surface area (Å²) >= 11 is 7.75. The van der Waals surface area contributed by atoms with E-state index in [4.69, 9.17) is 16.6 Å². The van der Waals surface area contributed by atoms with Crippen LogP contribution < -0.4 is 5.56 Å². The number of halogens is 1. The van der Waals surface area contributed by atoms with Crippen LogP contribution >= 0.6 is 23.4 Å². The number of benzene rings is 3. The molecule has 2 saturated heterocycles. The van der Waals surface area contributed by atoms with E-state index in [9.17, 15) is 9.59 Å². The number of nitrogens with zero attached hydrogens (tertiary/aromatic N) is 4. The fourth-order valence-electron chi connectivity index (χ4n) is 6.45. The van der Waals surface area contributed by atoms with E-state index in [1.807, 2.05) is 30.3 Å². The van der Waals surface area contributed by atoms with Gasteiger partial charge in [0.15, 0.2) is 5.16 Å². The summed E-state index contributed by atoms with van der Waals surface area (Å²) in [6.07, 6.45) is 2.85. The molecule has 1 amide bonds. The Labute approximate surface area is 256 Å². The minimum Gasteiger partial charge on any atom is -0.341 e. The van der Waals surface area contributed by atoms with Crippen LogP contribution in [0.15, 0.2) is 88.8 Å². The number of carbonyl (C=O) groups is 1. The first-order valence-electron chi connectivity index (χ1n) is 14.8. The molecule has 8 heteroatoms. The Hall–Kier alpha value is -3.13. The Morgan fingerprint density at radius 3 is 2.52 bits per heavy atom. The van der Waals surface area contributed by atoms with E-state index in [1.54, 1.807) is 22.8 Å². The molecule has 0 N–H and O–H groups in total. The van der Waals surface area contributed by atoms with Gasteiger partial charge in [0, 0.05) is 36.6 Å². The number of likely N-dealkylation sites (tertiary alicyclic amines) is 2. The molecule has 0 aliphatic carbocycles. The second-order valence-electron chi connectivity index (χ2n) is 12.2. The lowest BCUT2D eigenvalue weighted by atomic mass is 9.86. The number of para-hydroxylation sites is 1. The van der Waals surface area contributed by atoms with Gasteiger partial charge >= 0.3 is 0 Å². The summed E-state index contributed by atoms with van der Waals surface area (Å²) in [6.45, 7) is 8.89. The topological polar surface area (TPSA) is 58.4 Å². The van der Waals surface area contributed by atoms with Crippen LogP contribution in [0.3, 0.4) is 0 Å². The molecule has 2 aliphatic rings. The van der Waals surface area contributed by atoms with Crippen LogP contribution in [0.5, 0.6) is 0 Å². The number of amides is 1. The summed E-state index contributed by atoms with van der Waals surface area (Å²) in [6, 6.07) is 25.3. The molecule has 2 fully saturated rings. The van der Waals surface area contributed by atoms with Crippen LogP contribution in [-0.4, -0.2) is 56.7 Å². The summed E-state index contributed by atoms with van der Waals surface area (Å²) in [4.78, 5) is 37.5. The molecular formula is C34H37ClN4O2S. The molecule has 42 heavy (non-hydrogen) atoms. The number of fused-ring (bicyclic) bond motifs is 1. The predicted octanol–water partition coefficient (Wildman–Crippen LogP) is 6.67. The van der Waals surface area contributed by atoms with E-state index >= 15 is 0 Å². The summed E-state index contributed by atoms with van der Waals surface area (Å²) in [5.74, 6) is 0.454. The maximum absolute atomic E-state index is 14.2. The third kappa shape index (κ3) is 6.14. The smallest absolute Gasteiger partial charge is 0.266 e. The lowest BCUT2D eigenvalue weighted by Crippen LogP contribution is -2.39. The fourth-order valence-corrected chi connectivity index (χ4v) is 8.07. The largest absolute Gasteiger partial charge is 0.341 e. The molecule has 218 valence electrons. The van der Waals surface area contributed by atoms with Crippen molar-refractivity contribution in [1.82, 2.24) is 19.4 Å². The minimum absolute atomic E-state index is 0.145. The second kappa shape index (κ2) is 12.2. The van der Waals surface area contributed by atoms with Crippen molar-refractivity contribution in [1.29, 1.82) is 0 Å². The molecule has 0 radical (unpaired) electrons. The van der Waals surface area contributed by atoms with Crippen LogP contribution in [0.2, 0.25) is 5.02 Å². The number of rotatable bonds is 8. The first-order chi connectivity index (χ1) is 20.3. The van der Waals surface area contributed by atoms with E-state index in [2.05, 4.69) is 54.0 Å². The lowest BCUT2D eigenvalue weighted by Gasteiger charge is -2.28. The van der Waals surface area contributed by atoms with Gasteiger partial charge in [0.1, 0.15) is 0 Å². The van der Waals surface area contributed by atoms with Crippen LogP contribution in [0.4, 0.5) is 0 Å². The van der Waals surface area contributed by atoms with Gasteiger partial charge in [0.05, 0.1) is 21.8 Å². The molecule has 2 unspecified atom stereocenters. The molecule has 6 rings (SSSR count). The Bertz CT molecular complexity index is 1640. The normalized spacial score (nSPS) is 19.8. The van der Waals surface area contributed by atoms with Crippen molar-refractivity contribution in [3.05, 3.63) is 99.8 Å². The van der Waals surface area contributed by atoms with Gasteiger partial charge in [-0.05, 0) is 67.6 Å². The van der Waals surface area contributed by atoms with E-state index in [0.29, 0.717) is 39.1 Å². The molecule has 1 aromatic heterocycles. The quantitative estimate of drug-likeness (QED) is 0.167. The van der Waals surface area contributed by atoms with E-state index in [1.165, 1.54) is 17.3 Å². The van der Waals surface area contributed by atoms with Gasteiger partial charge in [-0.1, -0.05) is 85.7 Å². The van der Waals surface area contributed by atoms with Gasteiger partial charge in [-0.2, -0.15) is 0 Å². The summed E-state index contributed by atoms with van der Waals surface area (Å²) in [5.41, 5.74) is 2.60. The van der Waals surface area contributed by atoms with Gasteiger partial charge in [-0.3, -0.25) is 19.1 Å². The molecule has 3 heterocycles. The summed E-state index contributed by atoms with van der Waals surface area (Å²) in [7, 11) is 0. The van der Waals surface area contributed by atoms with Gasteiger partial charge in [-0.15, -0.1) is 0 Å². The van der Waals surface area contributed by atoms with Crippen molar-refractivity contribution in [3.8, 4) is 5.69 Å². The van der Waals surface area contributed by atoms with Gasteiger partial charge in [-0.25, -0.2) is 4.98 Å². The molecule has 4 aromatic rings. The highest BCUT2D eigenvalue weighted by Gasteiger charge is 2.45. The molecule has 2 atom stereocenters. The highest BCUT2D eigenvalue weighted by atomic mass is 35.5. The molecule has 2 aliphatic heterocycles. The fraction of sp³-hybridized carbons (Fsp3) is 0.382. The third-order valence-corrected chi connectivity index (χ3v) is 9.93. The van der Waals surface area contributed by atoms with Crippen molar-refractivity contribution < 1.29 is 4.79 Å². The van der Waals surface area contributed by atoms with Crippen molar-refractivity contribution in [3.63, 3.8) is 0 Å². The SMILES string of the molecule is CC(C)CC(Sc1nc2ccccc2c(=O)n1-c1cccc(Cl)c1)C(=O)N1CCC2(CCN(Cc3ccccc3)C2)C1. The number of carbonyl (C=O) groups excluding carboxylic acids is 1. The predicted molar refractivity (Wildman–Crippen MR) is 171 cm³/mol. The van der Waals surface area contributed by atoms with Gasteiger partial charge < -0.3 is 4.90 Å². The average molecular weight is 601 g/mol. The molecule has 6 nitrogen and oxygen atoms in total. The number of thioether (sulfide) groups is 1. The van der Waals surface area contributed by atoms with E-state index in [0.717, 1.165) is 45.6 Å². The Morgan fingerprint density at radius 1 is 0.976 bits per heavy atom. The number of hydrogen-bond acceptors (Lipinski definition) is 5. The third-order valence-electron chi connectivity index (χ3n) is 8.54. The molecule has 0 bridgehead atoms. The van der Waals surface area contributed by atoms with Crippen molar-refractivity contribution in [2.75, 3.05) is 26.2 Å². The van der Waals surface area contributed by atoms with Crippen molar-refractivity contribution in [2.24, 2.45) is 11.3 Å². The Kier molecular flexibility index (Phi) is 8.44. The standard InChI is InChI=1S/C34H37ClN4O2S/c1-24(2)19-30(32(41)38-18-16-34(23-38)15-17-37(22-34)21-25-9-4-3-5-10-25)42-33-36-29-14-7-6-13-28(29)31(40)39(33)27-12-8-11-26(35)20-27/h3-14,20,24,30H,15-19,21-23H2,1-2H3. The van der Waals surface area contributed by atoms with Gasteiger partial charge in [0.2, 0.25) is 5.91 Å². The minimum atomic E-state index is -0.347. The highest BCUT2D eigenvalue weighted by Crippen LogP contribution is 2.41. The second-order valence-corrected chi connectivity index (χ2v) is 13.8. The van der Waals surface area contributed by atoms with Crippen LogP contribution in [-0.2, 0) is 11.3 Å². The monoisotopic (exact) mass is 600 g/mol. The van der Waals surface area contributed by atoms with Crippen LogP contribution in [0.1, 0.15) is 38.7 Å². The average Bonchev–Trinajstić information content (AvgIpc) is 3.58. The zero-order chi connectivity index (χ0) is 29.3. The number of aromatic nitrogens is 2. The van der Waals surface area contributed by atoms with Crippen molar-refractivity contribution >= 4 is 40.2 Å². The molecular weight excluding hydrogens is 564 g/mol.